The summed E-state index contributed by atoms with van der Waals surface area (Å²) in [5.41, 5.74) is 1.01. The monoisotopic (exact) mass is 404 g/mol. The molecule has 1 aliphatic carbocycles. The third-order valence-corrected chi connectivity index (χ3v) is 6.30. The van der Waals surface area contributed by atoms with Crippen molar-refractivity contribution in [1.82, 2.24) is 10.6 Å². The maximum Gasteiger partial charge on any atom is 0.222 e. The Hall–Kier alpha value is -1.67. The fourth-order valence-electron chi connectivity index (χ4n) is 4.64. The molecule has 2 aliphatic heterocycles. The van der Waals surface area contributed by atoms with E-state index in [2.05, 4.69) is 10.6 Å². The van der Waals surface area contributed by atoms with Gasteiger partial charge in [0.25, 0.3) is 0 Å². The van der Waals surface area contributed by atoms with E-state index in [9.17, 15) is 9.90 Å². The number of fused-ring (bicyclic) bond motifs is 1. The normalized spacial score (nSPS) is 31.7. The van der Waals surface area contributed by atoms with Gasteiger partial charge in [-0.1, -0.05) is 25.0 Å². The van der Waals surface area contributed by atoms with E-state index in [4.69, 9.17) is 14.2 Å². The van der Waals surface area contributed by atoms with Crippen molar-refractivity contribution in [2.75, 3.05) is 13.7 Å². The third kappa shape index (κ3) is 5.09. The highest BCUT2D eigenvalue weighted by molar-refractivity contribution is 5.76. The molecule has 2 heterocycles. The summed E-state index contributed by atoms with van der Waals surface area (Å²) in [6, 6.07) is 8.16. The number of amides is 1. The molecule has 4 rings (SSSR count). The Kier molecular flexibility index (Phi) is 6.70. The van der Waals surface area contributed by atoms with Crippen LogP contribution in [-0.4, -0.2) is 61.2 Å². The summed E-state index contributed by atoms with van der Waals surface area (Å²) in [5, 5.41) is 17.0. The lowest BCUT2D eigenvalue weighted by Crippen LogP contribution is -2.41. The van der Waals surface area contributed by atoms with Gasteiger partial charge in [-0.25, -0.2) is 0 Å². The van der Waals surface area contributed by atoms with Gasteiger partial charge in [-0.3, -0.25) is 4.79 Å². The van der Waals surface area contributed by atoms with Crippen molar-refractivity contribution in [2.24, 2.45) is 0 Å². The van der Waals surface area contributed by atoms with Crippen molar-refractivity contribution in [1.29, 1.82) is 0 Å². The predicted molar refractivity (Wildman–Crippen MR) is 108 cm³/mol. The smallest absolute Gasteiger partial charge is 0.222 e. The summed E-state index contributed by atoms with van der Waals surface area (Å²) >= 11 is 0. The first-order chi connectivity index (χ1) is 14.1. The van der Waals surface area contributed by atoms with E-state index < -0.39 is 6.10 Å². The van der Waals surface area contributed by atoms with Crippen LogP contribution in [0.2, 0.25) is 0 Å². The fraction of sp³-hybridized carbons (Fsp3) is 0.682. The van der Waals surface area contributed by atoms with Crippen LogP contribution in [0.4, 0.5) is 0 Å². The number of hydrogen-bond acceptors (Lipinski definition) is 6. The highest BCUT2D eigenvalue weighted by Gasteiger charge is 2.50. The number of methoxy groups -OCH3 is 1. The van der Waals surface area contributed by atoms with Gasteiger partial charge >= 0.3 is 0 Å². The summed E-state index contributed by atoms with van der Waals surface area (Å²) in [4.78, 5) is 12.3. The van der Waals surface area contributed by atoms with Gasteiger partial charge in [0.15, 0.2) is 0 Å². The van der Waals surface area contributed by atoms with Gasteiger partial charge in [0.05, 0.1) is 31.8 Å². The zero-order valence-electron chi connectivity index (χ0n) is 17.0. The van der Waals surface area contributed by atoms with E-state index in [1.165, 1.54) is 25.7 Å². The van der Waals surface area contributed by atoms with Crippen LogP contribution in [0.15, 0.2) is 24.3 Å². The molecule has 29 heavy (non-hydrogen) atoms. The molecule has 3 N–H and O–H groups in total. The number of rotatable bonds is 8. The van der Waals surface area contributed by atoms with Gasteiger partial charge in [0, 0.05) is 25.6 Å². The number of carbonyl (C=O) groups excluding carboxylic acids is 1. The minimum Gasteiger partial charge on any atom is -0.497 e. The van der Waals surface area contributed by atoms with Crippen molar-refractivity contribution < 1.29 is 24.1 Å². The van der Waals surface area contributed by atoms with E-state index >= 15 is 0 Å². The lowest BCUT2D eigenvalue weighted by atomic mass is 10.1. The molecule has 160 valence electrons. The topological polar surface area (TPSA) is 89.1 Å². The summed E-state index contributed by atoms with van der Waals surface area (Å²) in [6.07, 6.45) is 4.38. The summed E-state index contributed by atoms with van der Waals surface area (Å²) in [5.74, 6) is 0.737. The van der Waals surface area contributed by atoms with Crippen LogP contribution in [0.25, 0.3) is 0 Å². The molecule has 0 unspecified atom stereocenters. The van der Waals surface area contributed by atoms with Crippen LogP contribution >= 0.6 is 0 Å². The highest BCUT2D eigenvalue weighted by atomic mass is 16.6. The standard InChI is InChI=1S/C22H32N2O5/c1-27-16-8-6-14(7-9-16)12-24-20(25)11-17-10-18-22(28-17)21(26)19(29-18)13-23-15-4-2-3-5-15/h6-9,15,17-19,21-23,26H,2-5,10-13H2,1H3,(H,24,25)/t17-,18+,19+,21+,22-/m0/s1. The molecular weight excluding hydrogens is 372 g/mol. The first-order valence-electron chi connectivity index (χ1n) is 10.7. The largest absolute Gasteiger partial charge is 0.497 e. The molecule has 7 heteroatoms. The summed E-state index contributed by atoms with van der Waals surface area (Å²) < 4.78 is 17.1. The van der Waals surface area contributed by atoms with Crippen molar-refractivity contribution >= 4 is 5.91 Å². The number of hydrogen-bond donors (Lipinski definition) is 3. The second kappa shape index (κ2) is 9.43. The zero-order valence-corrected chi connectivity index (χ0v) is 17.0. The lowest BCUT2D eigenvalue weighted by Gasteiger charge is -2.21. The number of aliphatic hydroxyl groups excluding tert-OH is 1. The van der Waals surface area contributed by atoms with Crippen molar-refractivity contribution in [3.8, 4) is 5.75 Å². The molecule has 5 atom stereocenters. The fourth-order valence-corrected chi connectivity index (χ4v) is 4.64. The molecule has 1 saturated carbocycles. The zero-order chi connectivity index (χ0) is 20.2. The highest BCUT2D eigenvalue weighted by Crippen LogP contribution is 2.35. The molecule has 2 saturated heterocycles. The average Bonchev–Trinajstić information content (AvgIpc) is 3.44. The second-order valence-corrected chi connectivity index (χ2v) is 8.38. The molecule has 3 fully saturated rings. The Morgan fingerprint density at radius 2 is 1.97 bits per heavy atom. The van der Waals surface area contributed by atoms with Crippen LogP contribution in [0.3, 0.4) is 0 Å². The van der Waals surface area contributed by atoms with E-state index in [1.807, 2.05) is 24.3 Å². The number of carbonyl (C=O) groups is 1. The minimum absolute atomic E-state index is 0.0558. The number of ether oxygens (including phenoxy) is 3. The summed E-state index contributed by atoms with van der Waals surface area (Å²) in [7, 11) is 1.63. The molecule has 1 amide bonds. The SMILES string of the molecule is COc1ccc(CNC(=O)C[C@@H]2C[C@H]3O[C@H](CNC4CCCC4)[C@@H](O)[C@H]3O2)cc1. The van der Waals surface area contributed by atoms with Crippen LogP contribution in [0, 0.1) is 0 Å². The molecule has 0 aromatic heterocycles. The van der Waals surface area contributed by atoms with Gasteiger partial charge in [0.2, 0.25) is 5.91 Å². The third-order valence-electron chi connectivity index (χ3n) is 6.30. The number of aliphatic hydroxyl groups is 1. The van der Waals surface area contributed by atoms with E-state index in [0.29, 0.717) is 25.6 Å². The van der Waals surface area contributed by atoms with Crippen LogP contribution in [-0.2, 0) is 20.8 Å². The Balaban J connectivity index is 1.18. The maximum atomic E-state index is 12.3. The predicted octanol–water partition coefficient (Wildman–Crippen LogP) is 1.52. The molecule has 0 spiro atoms. The Morgan fingerprint density at radius 1 is 1.21 bits per heavy atom. The van der Waals surface area contributed by atoms with E-state index in [1.54, 1.807) is 7.11 Å². The van der Waals surface area contributed by atoms with E-state index in [0.717, 1.165) is 11.3 Å². The van der Waals surface area contributed by atoms with Crippen LogP contribution in [0.1, 0.15) is 44.1 Å². The first-order valence-corrected chi connectivity index (χ1v) is 10.7. The Morgan fingerprint density at radius 3 is 2.66 bits per heavy atom. The quantitative estimate of drug-likeness (QED) is 0.609. The minimum atomic E-state index is -0.638. The number of benzene rings is 1. The molecule has 7 nitrogen and oxygen atoms in total. The molecule has 1 aromatic rings. The number of nitrogens with one attached hydrogen (secondary N) is 2. The summed E-state index contributed by atoms with van der Waals surface area (Å²) in [6.45, 7) is 1.13. The molecule has 0 bridgehead atoms. The average molecular weight is 405 g/mol. The first kappa shape index (κ1) is 20.6. The molecule has 0 radical (unpaired) electrons. The Bertz CT molecular complexity index is 676. The lowest BCUT2D eigenvalue weighted by molar-refractivity contribution is -0.124. The van der Waals surface area contributed by atoms with Crippen molar-refractivity contribution in [3.63, 3.8) is 0 Å². The van der Waals surface area contributed by atoms with Crippen LogP contribution < -0.4 is 15.4 Å². The molecule has 3 aliphatic rings. The van der Waals surface area contributed by atoms with Gasteiger partial charge in [-0.05, 0) is 30.5 Å². The molecular formula is C22H32N2O5. The van der Waals surface area contributed by atoms with Gasteiger partial charge < -0.3 is 30.0 Å². The second-order valence-electron chi connectivity index (χ2n) is 8.38. The van der Waals surface area contributed by atoms with Gasteiger partial charge in [0.1, 0.15) is 18.0 Å². The maximum absolute atomic E-state index is 12.3. The van der Waals surface area contributed by atoms with Crippen molar-refractivity contribution in [3.05, 3.63) is 29.8 Å². The molecule has 1 aromatic carbocycles. The van der Waals surface area contributed by atoms with Crippen molar-refractivity contribution in [2.45, 2.75) is 81.6 Å². The van der Waals surface area contributed by atoms with Crippen LogP contribution in [0.5, 0.6) is 5.75 Å². The van der Waals surface area contributed by atoms with E-state index in [-0.39, 0.29) is 36.7 Å². The Labute approximate surface area is 172 Å². The van der Waals surface area contributed by atoms with Gasteiger partial charge in [-0.2, -0.15) is 0 Å². The van der Waals surface area contributed by atoms with Gasteiger partial charge in [-0.15, -0.1) is 0 Å².